The van der Waals surface area contributed by atoms with Gasteiger partial charge in [-0.3, -0.25) is 24.0 Å². The number of nitrogens with zero attached hydrogens (tertiary/aromatic N) is 3. The molecule has 298 valence electrons. The third-order valence-corrected chi connectivity index (χ3v) is 14.6. The molecule has 1 saturated heterocycles. The number of aromatic nitrogens is 1. The van der Waals surface area contributed by atoms with Crippen molar-refractivity contribution in [2.24, 2.45) is 11.3 Å². The topological polar surface area (TPSA) is 175 Å². The van der Waals surface area contributed by atoms with Crippen LogP contribution in [0.4, 0.5) is 4.79 Å². The van der Waals surface area contributed by atoms with Crippen molar-refractivity contribution < 1.29 is 37.4 Å². The fourth-order valence-corrected chi connectivity index (χ4v) is 10.1. The number of carbonyl (C=O) groups is 4. The van der Waals surface area contributed by atoms with Crippen LogP contribution in [-0.2, 0) is 30.8 Å². The number of hydrogen-bond acceptors (Lipinski definition) is 8. The Morgan fingerprint density at radius 1 is 1.15 bits per heavy atom. The fourth-order valence-electron chi connectivity index (χ4n) is 8.62. The Morgan fingerprint density at radius 2 is 1.89 bits per heavy atom. The number of sulfonamides is 1. The molecule has 2 saturated carbocycles. The van der Waals surface area contributed by atoms with Crippen LogP contribution in [0, 0.1) is 18.3 Å². The van der Waals surface area contributed by atoms with E-state index in [1.54, 1.807) is 13.0 Å². The van der Waals surface area contributed by atoms with Crippen LogP contribution in [0.1, 0.15) is 103 Å². The lowest BCUT2D eigenvalue weighted by Gasteiger charge is -2.38. The minimum absolute atomic E-state index is 0.00508. The van der Waals surface area contributed by atoms with Gasteiger partial charge in [0.15, 0.2) is 0 Å². The molecule has 15 heteroatoms. The number of aryl methyl sites for hydroxylation is 2. The number of allylic oxidation sites excluding steroid dienone is 1. The molecule has 55 heavy (non-hydrogen) atoms. The summed E-state index contributed by atoms with van der Waals surface area (Å²) >= 11 is 6.39. The van der Waals surface area contributed by atoms with E-state index in [-0.39, 0.29) is 32.4 Å². The summed E-state index contributed by atoms with van der Waals surface area (Å²) in [6.07, 6.45) is 7.78. The number of pyridine rings is 1. The lowest BCUT2D eigenvalue weighted by atomic mass is 9.87. The number of nitrogens with one attached hydrogen (secondary N) is 2. The summed E-state index contributed by atoms with van der Waals surface area (Å²) in [4.78, 5) is 64.0. The van der Waals surface area contributed by atoms with Crippen molar-refractivity contribution in [1.29, 1.82) is 0 Å². The van der Waals surface area contributed by atoms with E-state index in [4.69, 9.17) is 21.3 Å². The Balaban J connectivity index is 1.27. The smallest absolute Gasteiger partial charge is 0.407 e. The van der Waals surface area contributed by atoms with Crippen LogP contribution >= 0.6 is 11.6 Å². The Bertz CT molecular complexity index is 2080. The minimum atomic E-state index is -4.00. The summed E-state index contributed by atoms with van der Waals surface area (Å²) in [5, 5.41) is 14.9. The van der Waals surface area contributed by atoms with E-state index in [9.17, 15) is 32.7 Å². The number of benzene rings is 1. The van der Waals surface area contributed by atoms with Gasteiger partial charge in [-0.05, 0) is 88.8 Å². The summed E-state index contributed by atoms with van der Waals surface area (Å²) in [7, 11) is -4.00. The predicted molar refractivity (Wildman–Crippen MR) is 207 cm³/mol. The van der Waals surface area contributed by atoms with Crippen LogP contribution in [0.3, 0.4) is 0 Å². The molecule has 1 aromatic heterocycles. The van der Waals surface area contributed by atoms with Gasteiger partial charge in [0.1, 0.15) is 29.0 Å². The molecule has 2 aromatic rings. The summed E-state index contributed by atoms with van der Waals surface area (Å²) in [5.41, 5.74) is -0.663. The van der Waals surface area contributed by atoms with Gasteiger partial charge >= 0.3 is 6.09 Å². The highest BCUT2D eigenvalue weighted by atomic mass is 35.5. The molecule has 0 bridgehead atoms. The summed E-state index contributed by atoms with van der Waals surface area (Å²) in [6, 6.07) is 3.30. The quantitative estimate of drug-likeness (QED) is 0.323. The molecule has 4 amide bonds. The molecular weight excluding hydrogens is 746 g/mol. The highest BCUT2D eigenvalue weighted by Gasteiger charge is 2.64. The van der Waals surface area contributed by atoms with E-state index in [1.165, 1.54) is 9.80 Å². The molecule has 5 atom stereocenters. The summed E-state index contributed by atoms with van der Waals surface area (Å²) in [6.45, 7) is 9.28. The highest BCUT2D eigenvalue weighted by Crippen LogP contribution is 2.49. The number of halogens is 1. The summed E-state index contributed by atoms with van der Waals surface area (Å²) in [5.74, 6) is -1.80. The maximum atomic E-state index is 15.0. The van der Waals surface area contributed by atoms with Crippen molar-refractivity contribution in [1.82, 2.24) is 24.8 Å². The molecule has 3 aliphatic heterocycles. The molecule has 2 aliphatic carbocycles. The maximum absolute atomic E-state index is 15.0. The van der Waals surface area contributed by atoms with E-state index < -0.39 is 73.1 Å². The van der Waals surface area contributed by atoms with Crippen LogP contribution in [0.25, 0.3) is 10.9 Å². The molecule has 1 spiro atoms. The predicted octanol–water partition coefficient (Wildman–Crippen LogP) is 5.65. The van der Waals surface area contributed by atoms with Crippen LogP contribution < -0.4 is 14.8 Å². The lowest BCUT2D eigenvalue weighted by Crippen LogP contribution is -2.59. The Labute approximate surface area is 327 Å². The second-order valence-corrected chi connectivity index (χ2v) is 20.5. The zero-order valence-corrected chi connectivity index (χ0v) is 33.8. The number of rotatable bonds is 5. The first-order chi connectivity index (χ1) is 25.8. The van der Waals surface area contributed by atoms with E-state index in [1.807, 2.05) is 52.0 Å². The van der Waals surface area contributed by atoms with Crippen molar-refractivity contribution in [2.45, 2.75) is 133 Å². The zero-order valence-electron chi connectivity index (χ0n) is 32.2. The Kier molecular flexibility index (Phi) is 9.96. The van der Waals surface area contributed by atoms with Crippen molar-refractivity contribution in [3.8, 4) is 5.75 Å². The second kappa shape index (κ2) is 13.9. The van der Waals surface area contributed by atoms with Gasteiger partial charge in [-0.25, -0.2) is 18.2 Å². The number of ether oxygens (including phenoxy) is 1. The van der Waals surface area contributed by atoms with Crippen molar-refractivity contribution in [3.63, 3.8) is 0 Å². The van der Waals surface area contributed by atoms with E-state index in [0.717, 1.165) is 29.3 Å². The fraction of sp³-hybridized carbons (Fsp3) is 0.625. The molecule has 0 radical (unpaired) electrons. The largest absolute Gasteiger partial charge is 0.483 e. The van der Waals surface area contributed by atoms with E-state index in [2.05, 4.69) is 10.0 Å². The summed E-state index contributed by atoms with van der Waals surface area (Å²) < 4.78 is 34.6. The normalized spacial score (nSPS) is 29.2. The molecular formula is C40H52ClN5O8S. The van der Waals surface area contributed by atoms with Gasteiger partial charge in [0, 0.05) is 34.9 Å². The van der Waals surface area contributed by atoms with Gasteiger partial charge in [0.05, 0.1) is 22.5 Å². The number of carbonyl (C=O) groups excluding carboxylic acids is 3. The van der Waals surface area contributed by atoms with E-state index in [0.29, 0.717) is 55.0 Å². The molecule has 3 fully saturated rings. The first-order valence-corrected chi connectivity index (χ1v) is 21.3. The molecule has 7 rings (SSSR count). The van der Waals surface area contributed by atoms with Gasteiger partial charge < -0.3 is 20.1 Å². The Hall–Kier alpha value is -3.91. The average Bonchev–Trinajstić information content (AvgIpc) is 3.99. The Morgan fingerprint density at radius 3 is 2.58 bits per heavy atom. The minimum Gasteiger partial charge on any atom is -0.483 e. The van der Waals surface area contributed by atoms with Crippen LogP contribution in [0.2, 0.25) is 5.02 Å². The van der Waals surface area contributed by atoms with Crippen LogP contribution in [0.5, 0.6) is 5.75 Å². The lowest BCUT2D eigenvalue weighted by molar-refractivity contribution is -0.143. The molecule has 13 nitrogen and oxygen atoms in total. The third kappa shape index (κ3) is 7.52. The first-order valence-electron chi connectivity index (χ1n) is 19.4. The highest BCUT2D eigenvalue weighted by molar-refractivity contribution is 7.91. The van der Waals surface area contributed by atoms with Gasteiger partial charge in [0.25, 0.3) is 5.91 Å². The molecule has 0 unspecified atom stereocenters. The van der Waals surface area contributed by atoms with Gasteiger partial charge in [-0.15, -0.1) is 0 Å². The SMILES string of the molecule is Cc1nc2ccc(Cl)cc2c2c1O[C@]1(CC2)C[C@H]2C(=O)N[C@]3(C(=O)NS(=O)(=O)C4(C)CC4)C[C@H]3C=CCCCCC[C@H](N(CC(C)(C)C)C(=O)O)C(=O)N2C1. The number of carboxylic acid groups (broad SMARTS) is 1. The maximum Gasteiger partial charge on any atom is 0.407 e. The van der Waals surface area contributed by atoms with E-state index >= 15 is 0 Å². The van der Waals surface area contributed by atoms with Crippen molar-refractivity contribution in [3.05, 3.63) is 46.6 Å². The number of hydrogen-bond donors (Lipinski definition) is 3. The average molecular weight is 798 g/mol. The van der Waals surface area contributed by atoms with Crippen molar-refractivity contribution in [2.75, 3.05) is 13.1 Å². The van der Waals surface area contributed by atoms with Gasteiger partial charge in [0.2, 0.25) is 21.8 Å². The van der Waals surface area contributed by atoms with Crippen LogP contribution in [0.15, 0.2) is 30.4 Å². The number of amides is 4. The molecule has 5 aliphatic rings. The standard InChI is InChI=1S/C40H52ClN5O8S/c1-24-32-27(28-19-26(41)13-14-29(28)42-24)15-16-39(54-32)21-31-33(47)43-40(35(49)44-55(52,53)38(5)17-18-38)20-25(40)11-9-7-6-8-10-12-30(34(48)45(31)23-39)46(36(50)51)22-37(2,3)4/h9,11,13-14,19,25,30-31H,6-8,10,12,15-18,20-23H2,1-5H3,(H,43,47)(H,44,49)(H,50,51)/t25-,30+,31+,39-,40-/m1/s1. The second-order valence-electron chi connectivity index (χ2n) is 17.8. The zero-order chi connectivity index (χ0) is 39.7. The van der Waals surface area contributed by atoms with Crippen molar-refractivity contribution >= 4 is 56.3 Å². The first kappa shape index (κ1) is 39.3. The third-order valence-electron chi connectivity index (χ3n) is 12.2. The molecule has 1 aromatic carbocycles. The molecule has 3 N–H and O–H groups in total. The molecule has 4 heterocycles. The van der Waals surface area contributed by atoms with Gasteiger partial charge in [-0.2, -0.15) is 0 Å². The van der Waals surface area contributed by atoms with Gasteiger partial charge in [-0.1, -0.05) is 57.4 Å². The number of fused-ring (bicyclic) bond motifs is 5. The monoisotopic (exact) mass is 797 g/mol. The van der Waals surface area contributed by atoms with Crippen LogP contribution in [-0.4, -0.2) is 93.2 Å².